The molecule has 0 aliphatic heterocycles. The van der Waals surface area contributed by atoms with Crippen molar-refractivity contribution in [3.63, 3.8) is 0 Å². The van der Waals surface area contributed by atoms with Crippen LogP contribution in [-0.2, 0) is 9.59 Å². The normalized spacial score (nSPS) is 19.2. The van der Waals surface area contributed by atoms with E-state index in [1.165, 1.54) is 6.08 Å². The summed E-state index contributed by atoms with van der Waals surface area (Å²) in [5.74, 6) is -0.611. The van der Waals surface area contributed by atoms with Gasteiger partial charge in [-0.15, -0.1) is 34.8 Å². The predicted molar refractivity (Wildman–Crippen MR) is 52.4 cm³/mol. The van der Waals surface area contributed by atoms with Crippen molar-refractivity contribution in [2.45, 2.75) is 10.2 Å². The van der Waals surface area contributed by atoms with E-state index >= 15 is 0 Å². The second-order valence-electron chi connectivity index (χ2n) is 2.44. The SMILES string of the molecule is O=C1C=CC(=O)C(C(Cl)C(Cl)Cl)=C1. The van der Waals surface area contributed by atoms with Gasteiger partial charge >= 0.3 is 0 Å². The molecule has 0 N–H and O–H groups in total. The van der Waals surface area contributed by atoms with Gasteiger partial charge in [0.15, 0.2) is 11.6 Å². The maximum absolute atomic E-state index is 11.2. The van der Waals surface area contributed by atoms with Crippen LogP contribution >= 0.6 is 34.8 Å². The molecule has 1 aliphatic carbocycles. The van der Waals surface area contributed by atoms with Gasteiger partial charge in [-0.25, -0.2) is 0 Å². The molecule has 0 aromatic carbocycles. The van der Waals surface area contributed by atoms with Crippen molar-refractivity contribution in [2.24, 2.45) is 0 Å². The van der Waals surface area contributed by atoms with Crippen molar-refractivity contribution in [2.75, 3.05) is 0 Å². The molecule has 5 heteroatoms. The molecule has 2 nitrogen and oxygen atoms in total. The number of carbonyl (C=O) groups excluding carboxylic acids is 2. The molecular formula is C8H5Cl3O2. The lowest BCUT2D eigenvalue weighted by atomic mass is 10.0. The number of rotatable bonds is 2. The van der Waals surface area contributed by atoms with Gasteiger partial charge < -0.3 is 0 Å². The summed E-state index contributed by atoms with van der Waals surface area (Å²) < 4.78 is 0. The third kappa shape index (κ3) is 2.56. The van der Waals surface area contributed by atoms with Gasteiger partial charge in [-0.2, -0.15) is 0 Å². The summed E-state index contributed by atoms with van der Waals surface area (Å²) in [6.45, 7) is 0. The summed E-state index contributed by atoms with van der Waals surface area (Å²) in [6, 6.07) is 0. The maximum Gasteiger partial charge on any atom is 0.183 e. The molecule has 0 bridgehead atoms. The highest BCUT2D eigenvalue weighted by atomic mass is 35.5. The van der Waals surface area contributed by atoms with E-state index in [1.807, 2.05) is 0 Å². The molecule has 1 atom stereocenters. The number of alkyl halides is 3. The van der Waals surface area contributed by atoms with E-state index in [1.54, 1.807) is 0 Å². The Morgan fingerprint density at radius 1 is 1.08 bits per heavy atom. The third-order valence-electron chi connectivity index (χ3n) is 1.50. The van der Waals surface area contributed by atoms with Gasteiger partial charge in [0.25, 0.3) is 0 Å². The van der Waals surface area contributed by atoms with Crippen molar-refractivity contribution in [1.82, 2.24) is 0 Å². The van der Waals surface area contributed by atoms with Crippen molar-refractivity contribution < 1.29 is 9.59 Å². The zero-order valence-corrected chi connectivity index (χ0v) is 8.60. The van der Waals surface area contributed by atoms with Crippen molar-refractivity contribution in [3.8, 4) is 0 Å². The minimum absolute atomic E-state index is 0.143. The second kappa shape index (κ2) is 4.27. The Morgan fingerprint density at radius 2 is 1.69 bits per heavy atom. The second-order valence-corrected chi connectivity index (χ2v) is 4.07. The molecule has 0 aromatic rings. The molecule has 0 amide bonds. The Balaban J connectivity index is 2.90. The number of hydrogen-bond acceptors (Lipinski definition) is 2. The van der Waals surface area contributed by atoms with Crippen LogP contribution in [0.15, 0.2) is 23.8 Å². The first-order chi connectivity index (χ1) is 6.02. The lowest BCUT2D eigenvalue weighted by Gasteiger charge is -2.13. The molecule has 13 heavy (non-hydrogen) atoms. The van der Waals surface area contributed by atoms with Gasteiger partial charge in [0, 0.05) is 5.57 Å². The fourth-order valence-corrected chi connectivity index (χ4v) is 1.32. The number of halogens is 3. The minimum Gasteiger partial charge on any atom is -0.290 e. The first-order valence-electron chi connectivity index (χ1n) is 3.42. The van der Waals surface area contributed by atoms with Crippen LogP contribution in [0.5, 0.6) is 0 Å². The van der Waals surface area contributed by atoms with Crippen molar-refractivity contribution in [1.29, 1.82) is 0 Å². The van der Waals surface area contributed by atoms with Gasteiger partial charge in [-0.3, -0.25) is 9.59 Å². The molecule has 0 saturated heterocycles. The number of hydrogen-bond donors (Lipinski definition) is 0. The predicted octanol–water partition coefficient (Wildman–Crippen LogP) is 2.03. The first kappa shape index (κ1) is 10.8. The van der Waals surface area contributed by atoms with E-state index in [-0.39, 0.29) is 17.1 Å². The smallest absolute Gasteiger partial charge is 0.183 e. The van der Waals surface area contributed by atoms with Crippen LogP contribution in [0.25, 0.3) is 0 Å². The van der Waals surface area contributed by atoms with Gasteiger partial charge in [0.05, 0.1) is 5.38 Å². The fourth-order valence-electron chi connectivity index (χ4n) is 0.878. The summed E-state index contributed by atoms with van der Waals surface area (Å²) >= 11 is 16.7. The van der Waals surface area contributed by atoms with E-state index in [0.29, 0.717) is 0 Å². The van der Waals surface area contributed by atoms with E-state index in [2.05, 4.69) is 0 Å². The van der Waals surface area contributed by atoms with Crippen molar-refractivity contribution >= 4 is 46.4 Å². The molecule has 0 heterocycles. The highest BCUT2D eigenvalue weighted by molar-refractivity contribution is 6.49. The average molecular weight is 239 g/mol. The number of allylic oxidation sites excluding steroid dienone is 4. The summed E-state index contributed by atoms with van der Waals surface area (Å²) in [5, 5.41) is -0.843. The van der Waals surface area contributed by atoms with E-state index in [4.69, 9.17) is 34.8 Å². The molecule has 1 unspecified atom stereocenters. The van der Waals surface area contributed by atoms with Crippen LogP contribution in [0, 0.1) is 0 Å². The Kier molecular flexibility index (Phi) is 3.54. The van der Waals surface area contributed by atoms with E-state index < -0.39 is 10.2 Å². The van der Waals surface area contributed by atoms with Crippen LogP contribution < -0.4 is 0 Å². The van der Waals surface area contributed by atoms with Crippen LogP contribution in [-0.4, -0.2) is 21.8 Å². The zero-order valence-electron chi connectivity index (χ0n) is 6.34. The van der Waals surface area contributed by atoms with Crippen LogP contribution in [0.2, 0.25) is 0 Å². The van der Waals surface area contributed by atoms with Crippen LogP contribution in [0.3, 0.4) is 0 Å². The molecule has 0 saturated carbocycles. The van der Waals surface area contributed by atoms with Crippen LogP contribution in [0.1, 0.15) is 0 Å². The summed E-state index contributed by atoms with van der Waals surface area (Å²) in [6.07, 6.45) is 3.48. The molecule has 0 radical (unpaired) electrons. The lowest BCUT2D eigenvalue weighted by molar-refractivity contribution is -0.114. The Hall–Kier alpha value is -0.310. The zero-order chi connectivity index (χ0) is 10.0. The van der Waals surface area contributed by atoms with Crippen LogP contribution in [0.4, 0.5) is 0 Å². The fraction of sp³-hybridized carbons (Fsp3) is 0.250. The van der Waals surface area contributed by atoms with E-state index in [0.717, 1.165) is 12.2 Å². The summed E-state index contributed by atoms with van der Waals surface area (Å²) in [7, 11) is 0. The summed E-state index contributed by atoms with van der Waals surface area (Å²) in [5.41, 5.74) is 0.143. The first-order valence-corrected chi connectivity index (χ1v) is 4.73. The molecule has 0 spiro atoms. The summed E-state index contributed by atoms with van der Waals surface area (Å²) in [4.78, 5) is 21.2. The molecule has 0 fully saturated rings. The Bertz CT molecular complexity index is 305. The van der Waals surface area contributed by atoms with Gasteiger partial charge in [0.1, 0.15) is 4.84 Å². The third-order valence-corrected chi connectivity index (χ3v) is 2.75. The quantitative estimate of drug-likeness (QED) is 0.546. The molecule has 1 aliphatic rings. The molecule has 0 aromatic heterocycles. The van der Waals surface area contributed by atoms with E-state index in [9.17, 15) is 9.59 Å². The van der Waals surface area contributed by atoms with Crippen molar-refractivity contribution in [3.05, 3.63) is 23.8 Å². The number of carbonyl (C=O) groups is 2. The highest BCUT2D eigenvalue weighted by Gasteiger charge is 2.25. The topological polar surface area (TPSA) is 34.1 Å². The minimum atomic E-state index is -0.906. The van der Waals surface area contributed by atoms with Gasteiger partial charge in [-0.05, 0) is 18.2 Å². The maximum atomic E-state index is 11.2. The molecule has 1 rings (SSSR count). The highest BCUT2D eigenvalue weighted by Crippen LogP contribution is 2.24. The lowest BCUT2D eigenvalue weighted by Crippen LogP contribution is -2.21. The average Bonchev–Trinajstić information content (AvgIpc) is 2.08. The largest absolute Gasteiger partial charge is 0.290 e. The van der Waals surface area contributed by atoms with Gasteiger partial charge in [-0.1, -0.05) is 0 Å². The molecule has 70 valence electrons. The van der Waals surface area contributed by atoms with Gasteiger partial charge in [0.2, 0.25) is 0 Å². The standard InChI is InChI=1S/C8H5Cl3O2/c9-7(8(10)11)5-3-4(12)1-2-6(5)13/h1-3,7-8H. The monoisotopic (exact) mass is 238 g/mol. The molecular weight excluding hydrogens is 234 g/mol. The Morgan fingerprint density at radius 3 is 2.23 bits per heavy atom. The number of ketones is 2. The Labute approximate surface area is 90.1 Å².